The van der Waals surface area contributed by atoms with Crippen LogP contribution in [-0.2, 0) is 6.18 Å². The van der Waals surface area contributed by atoms with Gasteiger partial charge in [0, 0.05) is 23.0 Å². The molecule has 3 N–H and O–H groups in total. The van der Waals surface area contributed by atoms with Gasteiger partial charge in [0.05, 0.1) is 5.56 Å². The first-order valence-corrected chi connectivity index (χ1v) is 7.23. The van der Waals surface area contributed by atoms with Crippen molar-refractivity contribution in [3.63, 3.8) is 0 Å². The van der Waals surface area contributed by atoms with E-state index in [1.165, 1.54) is 6.07 Å². The first kappa shape index (κ1) is 16.1. The predicted molar refractivity (Wildman–Crippen MR) is 78.8 cm³/mol. The molecule has 7 heteroatoms. The molecule has 2 nitrogen and oxygen atoms in total. The van der Waals surface area contributed by atoms with Crippen molar-refractivity contribution in [2.24, 2.45) is 5.73 Å². The normalized spacial score (nSPS) is 13.1. The van der Waals surface area contributed by atoms with Crippen LogP contribution in [0.2, 0.25) is 0 Å². The maximum Gasteiger partial charge on any atom is 0.417 e. The minimum absolute atomic E-state index is 0.147. The topological polar surface area (TPSA) is 38.0 Å². The highest BCUT2D eigenvalue weighted by atomic mass is 32.2. The molecule has 0 spiro atoms. The van der Waals surface area contributed by atoms with Crippen molar-refractivity contribution < 1.29 is 13.2 Å². The van der Waals surface area contributed by atoms with Crippen molar-refractivity contribution in [1.82, 2.24) is 0 Å². The van der Waals surface area contributed by atoms with Crippen LogP contribution >= 0.6 is 24.0 Å². The second-order valence-electron chi connectivity index (χ2n) is 4.05. The fraction of sp³-hybridized carbons (Fsp3) is 0.417. The molecular formula is C12H15F3N2S2. The van der Waals surface area contributed by atoms with E-state index >= 15 is 0 Å². The summed E-state index contributed by atoms with van der Waals surface area (Å²) in [5, 5.41) is 3.28. The Bertz CT molecular complexity index is 461. The molecule has 1 aromatic rings. The second-order valence-corrected chi connectivity index (χ2v) is 5.77. The molecule has 1 unspecified atom stereocenters. The first-order valence-electron chi connectivity index (χ1n) is 5.53. The molecule has 1 atom stereocenters. The Labute approximate surface area is 119 Å². The Balaban J connectivity index is 3.02. The maximum atomic E-state index is 12.9. The van der Waals surface area contributed by atoms with Crippen LogP contribution in [0.1, 0.15) is 18.1 Å². The summed E-state index contributed by atoms with van der Waals surface area (Å²) in [6.45, 7) is 2.58. The van der Waals surface area contributed by atoms with E-state index < -0.39 is 11.7 Å². The largest absolute Gasteiger partial charge is 0.417 e. The maximum absolute atomic E-state index is 12.9. The molecule has 0 aliphatic carbocycles. The Morgan fingerprint density at radius 3 is 2.58 bits per heavy atom. The van der Waals surface area contributed by atoms with Crippen molar-refractivity contribution >= 4 is 34.7 Å². The van der Waals surface area contributed by atoms with Crippen LogP contribution in [0.15, 0.2) is 18.2 Å². The zero-order valence-corrected chi connectivity index (χ0v) is 12.2. The number of alkyl halides is 3. The van der Waals surface area contributed by atoms with Gasteiger partial charge < -0.3 is 11.1 Å². The fourth-order valence-corrected chi connectivity index (χ4v) is 1.88. The Morgan fingerprint density at radius 1 is 1.47 bits per heavy atom. The summed E-state index contributed by atoms with van der Waals surface area (Å²) >= 11 is 6.28. The number of anilines is 1. The molecule has 0 aromatic heterocycles. The Morgan fingerprint density at radius 2 is 2.11 bits per heavy atom. The van der Waals surface area contributed by atoms with Crippen molar-refractivity contribution in [2.75, 3.05) is 18.1 Å². The van der Waals surface area contributed by atoms with Crippen LogP contribution in [0.5, 0.6) is 0 Å². The molecule has 0 radical (unpaired) electrons. The molecule has 0 saturated heterocycles. The molecular weight excluding hydrogens is 293 g/mol. The van der Waals surface area contributed by atoms with Crippen molar-refractivity contribution in [3.8, 4) is 0 Å². The SMILES string of the molecule is CSC(C)CNc1ccc(C(N)=S)c(C(F)(F)F)c1. The van der Waals surface area contributed by atoms with Crippen LogP contribution in [-0.4, -0.2) is 23.0 Å². The molecule has 0 aliphatic heterocycles. The number of halogens is 3. The quantitative estimate of drug-likeness (QED) is 0.817. The van der Waals surface area contributed by atoms with Gasteiger partial charge in [0.15, 0.2) is 0 Å². The van der Waals surface area contributed by atoms with E-state index in [1.807, 2.05) is 13.2 Å². The molecule has 0 aliphatic rings. The third-order valence-electron chi connectivity index (χ3n) is 2.59. The predicted octanol–water partition coefficient (Wildman–Crippen LogP) is 3.50. The van der Waals surface area contributed by atoms with Crippen molar-refractivity contribution in [2.45, 2.75) is 18.3 Å². The summed E-state index contributed by atoms with van der Waals surface area (Å²) in [6.07, 6.45) is -2.52. The highest BCUT2D eigenvalue weighted by molar-refractivity contribution is 7.99. The van der Waals surface area contributed by atoms with Crippen LogP contribution in [0.25, 0.3) is 0 Å². The van der Waals surface area contributed by atoms with Gasteiger partial charge in [-0.3, -0.25) is 0 Å². The lowest BCUT2D eigenvalue weighted by Gasteiger charge is -2.16. The summed E-state index contributed by atoms with van der Waals surface area (Å²) in [5.74, 6) is 0. The van der Waals surface area contributed by atoms with Crippen molar-refractivity contribution in [1.29, 1.82) is 0 Å². The zero-order chi connectivity index (χ0) is 14.6. The minimum atomic E-state index is -4.47. The van der Waals surface area contributed by atoms with E-state index in [2.05, 4.69) is 17.5 Å². The van der Waals surface area contributed by atoms with Crippen LogP contribution in [0, 0.1) is 0 Å². The van der Waals surface area contributed by atoms with Crippen LogP contribution < -0.4 is 11.1 Å². The van der Waals surface area contributed by atoms with Gasteiger partial charge in [-0.1, -0.05) is 19.1 Å². The van der Waals surface area contributed by atoms with Gasteiger partial charge in [-0.25, -0.2) is 0 Å². The smallest absolute Gasteiger partial charge is 0.389 e. The van der Waals surface area contributed by atoms with E-state index in [1.54, 1.807) is 17.8 Å². The number of thioether (sulfide) groups is 1. The monoisotopic (exact) mass is 308 g/mol. The van der Waals surface area contributed by atoms with Gasteiger partial charge in [0.25, 0.3) is 0 Å². The fourth-order valence-electron chi connectivity index (χ4n) is 1.45. The average molecular weight is 308 g/mol. The van der Waals surface area contributed by atoms with Gasteiger partial charge in [0.1, 0.15) is 4.99 Å². The van der Waals surface area contributed by atoms with E-state index in [9.17, 15) is 13.2 Å². The third kappa shape index (κ3) is 4.58. The number of hydrogen-bond donors (Lipinski definition) is 2. The molecule has 0 heterocycles. The van der Waals surface area contributed by atoms with Crippen LogP contribution in [0.4, 0.5) is 18.9 Å². The number of benzene rings is 1. The number of nitrogens with one attached hydrogen (secondary N) is 1. The lowest BCUT2D eigenvalue weighted by Crippen LogP contribution is -2.19. The molecule has 19 heavy (non-hydrogen) atoms. The highest BCUT2D eigenvalue weighted by Crippen LogP contribution is 2.33. The molecule has 0 bridgehead atoms. The number of thiocarbonyl (C=S) groups is 1. The summed E-state index contributed by atoms with van der Waals surface area (Å²) in [7, 11) is 0. The molecule has 0 amide bonds. The molecule has 106 valence electrons. The highest BCUT2D eigenvalue weighted by Gasteiger charge is 2.34. The van der Waals surface area contributed by atoms with Gasteiger partial charge in [0.2, 0.25) is 0 Å². The van der Waals surface area contributed by atoms with Gasteiger partial charge in [-0.05, 0) is 24.5 Å². The number of rotatable bonds is 5. The van der Waals surface area contributed by atoms with Crippen LogP contribution in [0.3, 0.4) is 0 Å². The van der Waals surface area contributed by atoms with Gasteiger partial charge >= 0.3 is 6.18 Å². The molecule has 1 aromatic carbocycles. The van der Waals surface area contributed by atoms with Gasteiger partial charge in [-0.15, -0.1) is 0 Å². The number of hydrogen-bond acceptors (Lipinski definition) is 3. The summed E-state index contributed by atoms with van der Waals surface area (Å²) in [5.41, 5.74) is 4.77. The summed E-state index contributed by atoms with van der Waals surface area (Å²) in [6, 6.07) is 3.90. The third-order valence-corrected chi connectivity index (χ3v) is 3.78. The standard InChI is InChI=1S/C12H15F3N2S2/c1-7(19-2)6-17-8-3-4-9(11(16)18)10(5-8)12(13,14)15/h3-5,7,17H,6H2,1-2H3,(H2,16,18). The summed E-state index contributed by atoms with van der Waals surface area (Å²) < 4.78 is 38.7. The van der Waals surface area contributed by atoms with Gasteiger partial charge in [-0.2, -0.15) is 24.9 Å². The molecule has 0 saturated carbocycles. The number of nitrogens with two attached hydrogens (primary N) is 1. The lowest BCUT2D eigenvalue weighted by atomic mass is 10.1. The zero-order valence-electron chi connectivity index (χ0n) is 10.5. The van der Waals surface area contributed by atoms with E-state index in [-0.39, 0.29) is 10.6 Å². The molecule has 0 fully saturated rings. The Kier molecular flexibility index (Phi) is 5.49. The first-order chi connectivity index (χ1) is 8.75. The minimum Gasteiger partial charge on any atom is -0.389 e. The van der Waals surface area contributed by atoms with E-state index in [4.69, 9.17) is 5.73 Å². The lowest BCUT2D eigenvalue weighted by molar-refractivity contribution is -0.137. The van der Waals surface area contributed by atoms with E-state index in [0.717, 1.165) is 6.07 Å². The molecule has 1 rings (SSSR count). The Hall–Kier alpha value is -0.950. The second kappa shape index (κ2) is 6.47. The average Bonchev–Trinajstić information content (AvgIpc) is 2.34. The van der Waals surface area contributed by atoms with Crippen molar-refractivity contribution in [3.05, 3.63) is 29.3 Å². The van der Waals surface area contributed by atoms with E-state index in [0.29, 0.717) is 17.5 Å². The summed E-state index contributed by atoms with van der Waals surface area (Å²) in [4.78, 5) is -0.253.